The molecule has 4 heterocycles. The van der Waals surface area contributed by atoms with Crippen molar-refractivity contribution in [1.82, 2.24) is 41.7 Å². The number of amides is 6. The van der Waals surface area contributed by atoms with Crippen molar-refractivity contribution >= 4 is 69.7 Å². The van der Waals surface area contributed by atoms with Crippen LogP contribution in [0.3, 0.4) is 0 Å². The maximum Gasteiger partial charge on any atom is 0.246 e. The van der Waals surface area contributed by atoms with Gasteiger partial charge in [-0.2, -0.15) is 0 Å². The van der Waals surface area contributed by atoms with Gasteiger partial charge in [-0.05, 0) is 121 Å². The molecule has 0 radical (unpaired) electrons. The predicted octanol–water partition coefficient (Wildman–Crippen LogP) is 5.95. The lowest BCUT2D eigenvalue weighted by molar-refractivity contribution is -0.144. The minimum Gasteiger partial charge on any atom is -0.374 e. The maximum absolute atomic E-state index is 14.5. The van der Waals surface area contributed by atoms with Gasteiger partial charge in [-0.1, -0.05) is 113 Å². The van der Waals surface area contributed by atoms with Gasteiger partial charge in [0, 0.05) is 0 Å². The number of likely N-dealkylation sites (N-methyl/N-ethyl adjacent to an activating group) is 2. The first-order valence-corrected chi connectivity index (χ1v) is 28.7. The second-order valence-corrected chi connectivity index (χ2v) is 24.6. The quantitative estimate of drug-likeness (QED) is 0.0609. The Labute approximate surface area is 456 Å². The number of nitrogens with zero attached hydrogens (tertiary/aromatic N) is 2. The molecule has 0 aromatic heterocycles. The number of nitrogens with one attached hydrogen (secondary N) is 6. The van der Waals surface area contributed by atoms with Crippen molar-refractivity contribution in [2.24, 2.45) is 10.8 Å². The van der Waals surface area contributed by atoms with Gasteiger partial charge in [0.1, 0.15) is 24.2 Å². The van der Waals surface area contributed by atoms with E-state index < -0.39 is 59.2 Å². The zero-order chi connectivity index (χ0) is 54.3. The van der Waals surface area contributed by atoms with Gasteiger partial charge in [0.05, 0.1) is 61.3 Å². The molecule has 4 saturated heterocycles. The van der Waals surface area contributed by atoms with Crippen LogP contribution in [0.15, 0.2) is 97.1 Å². The summed E-state index contributed by atoms with van der Waals surface area (Å²) in [6, 6.07) is 26.9. The van der Waals surface area contributed by atoms with E-state index in [1.165, 1.54) is 0 Å². The van der Waals surface area contributed by atoms with Crippen molar-refractivity contribution in [2.45, 2.75) is 140 Å². The Hall–Kier alpha value is -5.50. The molecule has 4 aliphatic rings. The number of fused-ring (bicyclic) bond motifs is 3. The normalized spacial score (nSPS) is 24.5. The number of carbonyl (C=O) groups excluding carboxylic acids is 6. The summed E-state index contributed by atoms with van der Waals surface area (Å²) < 4.78 is 12.8. The zero-order valence-electron chi connectivity index (χ0n) is 45.1. The van der Waals surface area contributed by atoms with E-state index in [0.717, 1.165) is 33.0 Å². The molecule has 4 aromatic carbocycles. The lowest BCUT2D eigenvalue weighted by Gasteiger charge is -2.35. The molecule has 76 heavy (non-hydrogen) atoms. The fourth-order valence-electron chi connectivity index (χ4n) is 11.0. The molecule has 0 bridgehead atoms. The second kappa shape index (κ2) is 24.9. The highest BCUT2D eigenvalue weighted by Crippen LogP contribution is 2.48. The number of rotatable bonds is 20. The molecule has 4 aliphatic heterocycles. The van der Waals surface area contributed by atoms with E-state index in [-0.39, 0.29) is 59.4 Å². The summed E-state index contributed by atoms with van der Waals surface area (Å²) in [5.41, 5.74) is 2.65. The lowest BCUT2D eigenvalue weighted by Crippen LogP contribution is -2.58. The first-order valence-electron chi connectivity index (χ1n) is 26.6. The van der Waals surface area contributed by atoms with Gasteiger partial charge in [0.25, 0.3) is 0 Å². The molecule has 8 rings (SSSR count). The minimum atomic E-state index is -0.746. The topological polar surface area (TPSA) is 200 Å². The summed E-state index contributed by atoms with van der Waals surface area (Å²) in [6.07, 6.45) is 2.28. The Bertz CT molecular complexity index is 2530. The first-order chi connectivity index (χ1) is 36.4. The Morgan fingerprint density at radius 1 is 0.592 bits per heavy atom. The predicted molar refractivity (Wildman–Crippen MR) is 299 cm³/mol. The number of thioether (sulfide) groups is 2. The molecule has 0 aliphatic carbocycles. The van der Waals surface area contributed by atoms with Crippen LogP contribution >= 0.6 is 23.5 Å². The SMILES string of the molecule is CN[C@@H](C)C(=O)N[C@H]1CCSC2CC(C)(C)[C@@H](C(=O)N[C@@H](COCc3ccc4cc(COC[C@@H](NC(=O)[C@H]5N6C(=O)[C@@H](NC(=O)[C@H](C)NC)CCSC6CC5(C)C)c5ccccc5)ccc4c3)c3ccccc3)N2C1=O. The average Bonchev–Trinajstić information content (AvgIpc) is 3.76. The highest BCUT2D eigenvalue weighted by molar-refractivity contribution is 8.00. The standard InChI is InChI=1S/C58H76N8O8S2/c1-35(59-7)51(67)61-43-23-25-75-47-29-57(3,4)49(65(47)55(43)71)53(69)63-45(39-15-11-9-12-16-39)33-73-31-37-19-21-42-28-38(20-22-41(42)27-37)32-74-34-46(40-17-13-10-14-18-40)64-54(70)50-58(5,6)30-48-66(50)56(72)44(24-26-76-48)62-52(68)36(2)60-8/h9-22,27-28,35-36,43-50,59-60H,23-26,29-34H2,1-8H3,(H,61,67)(H,62,68)(H,63,69)(H,64,70)/t35-,36-,43-,44-,45-,46+,47?,48?,49+,50+/m0/s1. The van der Waals surface area contributed by atoms with Gasteiger partial charge in [0.2, 0.25) is 35.4 Å². The fraction of sp³-hybridized carbons (Fsp3) is 0.517. The van der Waals surface area contributed by atoms with Crippen molar-refractivity contribution in [3.63, 3.8) is 0 Å². The van der Waals surface area contributed by atoms with Crippen molar-refractivity contribution in [3.05, 3.63) is 119 Å². The number of carbonyl (C=O) groups is 6. The molecular weight excluding hydrogens is 1000 g/mol. The van der Waals surface area contributed by atoms with Crippen LogP contribution in [0.1, 0.15) is 102 Å². The Kier molecular flexibility index (Phi) is 18.6. The van der Waals surface area contributed by atoms with E-state index in [2.05, 4.69) is 56.2 Å². The van der Waals surface area contributed by atoms with Gasteiger partial charge in [-0.15, -0.1) is 23.5 Å². The summed E-state index contributed by atoms with van der Waals surface area (Å²) in [5.74, 6) is -0.101. The minimum absolute atomic E-state index is 0.181. The summed E-state index contributed by atoms with van der Waals surface area (Å²) in [5, 5.41) is 20.0. The summed E-state index contributed by atoms with van der Waals surface area (Å²) in [6.45, 7) is 12.6. The molecule has 0 saturated carbocycles. The number of benzene rings is 4. The lowest BCUT2D eigenvalue weighted by atomic mass is 9.83. The van der Waals surface area contributed by atoms with Gasteiger partial charge in [0.15, 0.2) is 0 Å². The Balaban J connectivity index is 0.892. The molecule has 4 aromatic rings. The van der Waals surface area contributed by atoms with Crippen LogP contribution in [0.4, 0.5) is 0 Å². The van der Waals surface area contributed by atoms with Crippen molar-refractivity contribution in [2.75, 3.05) is 38.8 Å². The maximum atomic E-state index is 14.5. The molecular formula is C58H76N8O8S2. The first kappa shape index (κ1) is 56.7. The van der Waals surface area contributed by atoms with Gasteiger partial charge in [-0.3, -0.25) is 28.8 Å². The monoisotopic (exact) mass is 1080 g/mol. The number of hydrogen-bond donors (Lipinski definition) is 6. The second-order valence-electron chi connectivity index (χ2n) is 22.0. The third kappa shape index (κ3) is 13.1. The molecule has 2 unspecified atom stereocenters. The molecule has 0 spiro atoms. The molecule has 4 fully saturated rings. The van der Waals surface area contributed by atoms with Gasteiger partial charge < -0.3 is 51.2 Å². The number of ether oxygens (including phenoxy) is 2. The van der Waals surface area contributed by atoms with Crippen LogP contribution in [0.5, 0.6) is 0 Å². The molecule has 18 heteroatoms. The molecule has 408 valence electrons. The molecule has 10 atom stereocenters. The van der Waals surface area contributed by atoms with E-state index in [0.29, 0.717) is 50.4 Å². The van der Waals surface area contributed by atoms with Crippen molar-refractivity contribution in [1.29, 1.82) is 0 Å². The van der Waals surface area contributed by atoms with Crippen molar-refractivity contribution < 1.29 is 38.2 Å². The van der Waals surface area contributed by atoms with Gasteiger partial charge >= 0.3 is 0 Å². The van der Waals surface area contributed by atoms with Crippen LogP contribution in [-0.2, 0) is 51.5 Å². The zero-order valence-corrected chi connectivity index (χ0v) is 46.7. The summed E-state index contributed by atoms with van der Waals surface area (Å²) >= 11 is 3.33. The average molecular weight is 1080 g/mol. The van der Waals surface area contributed by atoms with E-state index >= 15 is 0 Å². The van der Waals surface area contributed by atoms with Crippen LogP contribution in [0.2, 0.25) is 0 Å². The van der Waals surface area contributed by atoms with Crippen LogP contribution in [0, 0.1) is 10.8 Å². The third-order valence-electron chi connectivity index (χ3n) is 15.5. The molecule has 6 amide bonds. The van der Waals surface area contributed by atoms with E-state index in [1.54, 1.807) is 61.3 Å². The van der Waals surface area contributed by atoms with Gasteiger partial charge in [-0.25, -0.2) is 0 Å². The smallest absolute Gasteiger partial charge is 0.246 e. The van der Waals surface area contributed by atoms with Crippen LogP contribution in [0.25, 0.3) is 10.8 Å². The highest BCUT2D eigenvalue weighted by Gasteiger charge is 2.56. The Morgan fingerprint density at radius 2 is 0.974 bits per heavy atom. The largest absolute Gasteiger partial charge is 0.374 e. The van der Waals surface area contributed by atoms with Crippen molar-refractivity contribution in [3.8, 4) is 0 Å². The fourth-order valence-corrected chi connectivity index (χ4v) is 14.1. The third-order valence-corrected chi connectivity index (χ3v) is 18.0. The molecule has 16 nitrogen and oxygen atoms in total. The molecule has 6 N–H and O–H groups in total. The van der Waals surface area contributed by atoms with Crippen LogP contribution < -0.4 is 31.9 Å². The van der Waals surface area contributed by atoms with E-state index in [1.807, 2.05) is 100 Å². The summed E-state index contributed by atoms with van der Waals surface area (Å²) in [7, 11) is 3.40. The summed E-state index contributed by atoms with van der Waals surface area (Å²) in [4.78, 5) is 86.7. The number of hydrogen-bond acceptors (Lipinski definition) is 12. The van der Waals surface area contributed by atoms with E-state index in [4.69, 9.17) is 9.47 Å². The van der Waals surface area contributed by atoms with Crippen LogP contribution in [-0.4, -0.2) is 131 Å². The van der Waals surface area contributed by atoms with E-state index in [9.17, 15) is 28.8 Å². The highest BCUT2D eigenvalue weighted by atomic mass is 32.2. The Morgan fingerprint density at radius 3 is 1.34 bits per heavy atom.